The fourth-order valence-corrected chi connectivity index (χ4v) is 2.17. The van der Waals surface area contributed by atoms with Crippen molar-refractivity contribution in [3.8, 4) is 0 Å². The van der Waals surface area contributed by atoms with Crippen molar-refractivity contribution in [3.63, 3.8) is 0 Å². The van der Waals surface area contributed by atoms with Gasteiger partial charge < -0.3 is 11.1 Å². The van der Waals surface area contributed by atoms with Crippen molar-refractivity contribution in [1.29, 1.82) is 0 Å². The van der Waals surface area contributed by atoms with E-state index in [-0.39, 0.29) is 5.91 Å². The number of nitrogen functional groups attached to an aromatic ring is 1. The van der Waals surface area contributed by atoms with Crippen LogP contribution >= 0.6 is 23.2 Å². The number of carbonyl (C=O) groups excluding carboxylic acids is 1. The van der Waals surface area contributed by atoms with Crippen LogP contribution in [0.15, 0.2) is 48.5 Å². The molecule has 0 unspecified atom stereocenters. The molecule has 0 atom stereocenters. The van der Waals surface area contributed by atoms with Crippen LogP contribution in [-0.2, 0) is 4.79 Å². The molecule has 0 saturated carbocycles. The van der Waals surface area contributed by atoms with Crippen molar-refractivity contribution in [2.75, 3.05) is 11.1 Å². The van der Waals surface area contributed by atoms with Crippen LogP contribution in [0.5, 0.6) is 0 Å². The molecule has 2 aromatic carbocycles. The lowest BCUT2D eigenvalue weighted by molar-refractivity contribution is -0.111. The van der Waals surface area contributed by atoms with Crippen LogP contribution in [0.4, 0.5) is 11.4 Å². The van der Waals surface area contributed by atoms with E-state index in [0.29, 0.717) is 21.4 Å². The van der Waals surface area contributed by atoms with Crippen molar-refractivity contribution in [3.05, 3.63) is 64.1 Å². The summed E-state index contributed by atoms with van der Waals surface area (Å²) in [5.41, 5.74) is 7.70. The lowest BCUT2D eigenvalue weighted by Gasteiger charge is -2.03. The Bertz CT molecular complexity index is 648. The third kappa shape index (κ3) is 4.30. The van der Waals surface area contributed by atoms with Gasteiger partial charge in [-0.3, -0.25) is 4.79 Å². The molecule has 0 aliphatic rings. The first-order chi connectivity index (χ1) is 9.52. The predicted molar refractivity (Wildman–Crippen MR) is 85.0 cm³/mol. The number of benzene rings is 2. The van der Waals surface area contributed by atoms with Gasteiger partial charge in [-0.1, -0.05) is 35.3 Å². The first-order valence-corrected chi connectivity index (χ1v) is 6.59. The summed E-state index contributed by atoms with van der Waals surface area (Å²) in [6.07, 6.45) is 3.10. The summed E-state index contributed by atoms with van der Waals surface area (Å²) in [5.74, 6) is -0.272. The summed E-state index contributed by atoms with van der Waals surface area (Å²) in [6.45, 7) is 0. The molecule has 0 aromatic heterocycles. The molecule has 0 aliphatic heterocycles. The summed E-state index contributed by atoms with van der Waals surface area (Å²) in [7, 11) is 0. The standard InChI is InChI=1S/C15H12Cl2N2O/c16-11-7-12(17)9-14(8-11)19-15(20)5-4-10-2-1-3-13(18)6-10/h1-9H,18H2,(H,19,20)/b5-4+. The number of amides is 1. The highest BCUT2D eigenvalue weighted by Crippen LogP contribution is 2.22. The van der Waals surface area contributed by atoms with Crippen molar-refractivity contribution in [2.24, 2.45) is 0 Å². The maximum Gasteiger partial charge on any atom is 0.248 e. The minimum Gasteiger partial charge on any atom is -0.399 e. The Morgan fingerprint density at radius 1 is 1.10 bits per heavy atom. The topological polar surface area (TPSA) is 55.1 Å². The van der Waals surface area contributed by atoms with Crippen LogP contribution in [0.1, 0.15) is 5.56 Å². The summed E-state index contributed by atoms with van der Waals surface area (Å²) in [4.78, 5) is 11.8. The smallest absolute Gasteiger partial charge is 0.248 e. The van der Waals surface area contributed by atoms with Crippen molar-refractivity contribution >= 4 is 46.6 Å². The maximum atomic E-state index is 11.8. The Morgan fingerprint density at radius 2 is 1.80 bits per heavy atom. The normalized spacial score (nSPS) is 10.7. The number of nitrogens with one attached hydrogen (secondary N) is 1. The number of nitrogens with two attached hydrogens (primary N) is 1. The molecule has 20 heavy (non-hydrogen) atoms. The van der Waals surface area contributed by atoms with Crippen LogP contribution in [0.2, 0.25) is 10.0 Å². The molecule has 0 aliphatic carbocycles. The lowest BCUT2D eigenvalue weighted by Crippen LogP contribution is -2.07. The van der Waals surface area contributed by atoms with Crippen molar-refractivity contribution in [2.45, 2.75) is 0 Å². The van der Waals surface area contributed by atoms with E-state index in [1.54, 1.807) is 36.4 Å². The van der Waals surface area contributed by atoms with Crippen LogP contribution in [0, 0.1) is 0 Å². The molecule has 2 rings (SSSR count). The molecule has 3 nitrogen and oxygen atoms in total. The van der Waals surface area contributed by atoms with Crippen molar-refractivity contribution < 1.29 is 4.79 Å². The van der Waals surface area contributed by atoms with E-state index in [1.807, 2.05) is 12.1 Å². The summed E-state index contributed by atoms with van der Waals surface area (Å²) < 4.78 is 0. The van der Waals surface area contributed by atoms with Gasteiger partial charge in [-0.15, -0.1) is 0 Å². The number of anilines is 2. The molecule has 0 spiro atoms. The van der Waals surface area contributed by atoms with Crippen molar-refractivity contribution in [1.82, 2.24) is 0 Å². The molecular weight excluding hydrogens is 295 g/mol. The molecule has 0 bridgehead atoms. The average molecular weight is 307 g/mol. The van der Waals surface area contributed by atoms with Gasteiger partial charge in [0.15, 0.2) is 0 Å². The highest BCUT2D eigenvalue weighted by Gasteiger charge is 2.01. The van der Waals surface area contributed by atoms with E-state index in [1.165, 1.54) is 6.08 Å². The molecule has 102 valence electrons. The van der Waals surface area contributed by atoms with E-state index >= 15 is 0 Å². The zero-order chi connectivity index (χ0) is 14.5. The number of carbonyl (C=O) groups is 1. The molecule has 5 heteroatoms. The Hall–Kier alpha value is -1.97. The maximum absolute atomic E-state index is 11.8. The van der Waals surface area contributed by atoms with Gasteiger partial charge in [0, 0.05) is 27.5 Å². The molecule has 1 amide bonds. The quantitative estimate of drug-likeness (QED) is 0.658. The van der Waals surface area contributed by atoms with Gasteiger partial charge >= 0.3 is 0 Å². The molecular formula is C15H12Cl2N2O. The summed E-state index contributed by atoms with van der Waals surface area (Å²) in [5, 5.41) is 3.61. The van der Waals surface area contributed by atoms with Gasteiger partial charge in [-0.05, 0) is 42.0 Å². The summed E-state index contributed by atoms with van der Waals surface area (Å²) >= 11 is 11.7. The van der Waals surface area contributed by atoms with E-state index in [2.05, 4.69) is 5.32 Å². The van der Waals surface area contributed by atoms with Gasteiger partial charge in [0.05, 0.1) is 0 Å². The SMILES string of the molecule is Nc1cccc(/C=C/C(=O)Nc2cc(Cl)cc(Cl)c2)c1. The van der Waals surface area contributed by atoms with E-state index in [9.17, 15) is 4.79 Å². The predicted octanol–water partition coefficient (Wildman–Crippen LogP) is 4.23. The molecule has 2 aromatic rings. The molecule has 0 saturated heterocycles. The van der Waals surface area contributed by atoms with E-state index < -0.39 is 0 Å². The van der Waals surface area contributed by atoms with E-state index in [4.69, 9.17) is 28.9 Å². The Labute approximate surface area is 127 Å². The highest BCUT2D eigenvalue weighted by molar-refractivity contribution is 6.35. The lowest BCUT2D eigenvalue weighted by atomic mass is 10.2. The Balaban J connectivity index is 2.05. The number of halogens is 2. The fraction of sp³-hybridized carbons (Fsp3) is 0. The first kappa shape index (κ1) is 14.4. The molecule has 0 radical (unpaired) electrons. The Kier molecular flexibility index (Phi) is 4.66. The minimum absolute atomic E-state index is 0.272. The van der Waals surface area contributed by atoms with Crippen LogP contribution < -0.4 is 11.1 Å². The van der Waals surface area contributed by atoms with Gasteiger partial charge in [-0.2, -0.15) is 0 Å². The minimum atomic E-state index is -0.272. The second-order valence-electron chi connectivity index (χ2n) is 4.15. The Morgan fingerprint density at radius 3 is 2.45 bits per heavy atom. The number of rotatable bonds is 3. The van der Waals surface area contributed by atoms with Gasteiger partial charge in [0.2, 0.25) is 5.91 Å². The molecule has 0 heterocycles. The third-order valence-electron chi connectivity index (χ3n) is 2.47. The first-order valence-electron chi connectivity index (χ1n) is 5.83. The van der Waals surface area contributed by atoms with Gasteiger partial charge in [0.1, 0.15) is 0 Å². The number of hydrogen-bond donors (Lipinski definition) is 2. The van der Waals surface area contributed by atoms with Crippen LogP contribution in [0.3, 0.4) is 0 Å². The fourth-order valence-electron chi connectivity index (χ4n) is 1.64. The van der Waals surface area contributed by atoms with Crippen LogP contribution in [-0.4, -0.2) is 5.91 Å². The second-order valence-corrected chi connectivity index (χ2v) is 5.02. The monoisotopic (exact) mass is 306 g/mol. The second kappa shape index (κ2) is 6.46. The molecule has 3 N–H and O–H groups in total. The third-order valence-corrected chi connectivity index (χ3v) is 2.90. The summed E-state index contributed by atoms with van der Waals surface area (Å²) in [6, 6.07) is 12.1. The van der Waals surface area contributed by atoms with Gasteiger partial charge in [0.25, 0.3) is 0 Å². The average Bonchev–Trinajstić information content (AvgIpc) is 2.35. The number of hydrogen-bond acceptors (Lipinski definition) is 2. The van der Waals surface area contributed by atoms with E-state index in [0.717, 1.165) is 5.56 Å². The zero-order valence-corrected chi connectivity index (χ0v) is 11.9. The van der Waals surface area contributed by atoms with Crippen LogP contribution in [0.25, 0.3) is 6.08 Å². The zero-order valence-electron chi connectivity index (χ0n) is 10.4. The van der Waals surface area contributed by atoms with Gasteiger partial charge in [-0.25, -0.2) is 0 Å². The largest absolute Gasteiger partial charge is 0.399 e. The molecule has 0 fully saturated rings. The highest BCUT2D eigenvalue weighted by atomic mass is 35.5.